The maximum Gasteiger partial charge on any atom is 0.310 e. The zero-order chi connectivity index (χ0) is 20.1. The molecule has 0 aliphatic carbocycles. The van der Waals surface area contributed by atoms with Gasteiger partial charge in [-0.25, -0.2) is 0 Å². The third-order valence-electron chi connectivity index (χ3n) is 3.27. The summed E-state index contributed by atoms with van der Waals surface area (Å²) in [4.78, 5) is 23.1. The maximum atomic E-state index is 11.7. The molecule has 2 rings (SSSR count). The Morgan fingerprint density at radius 3 is 2.30 bits per heavy atom. The topological polar surface area (TPSA) is 64.6 Å². The second-order valence-electron chi connectivity index (χ2n) is 5.39. The van der Waals surface area contributed by atoms with Crippen LogP contribution in [-0.4, -0.2) is 17.3 Å². The highest BCUT2D eigenvalue weighted by molar-refractivity contribution is 9.10. The molecule has 0 fully saturated rings. The van der Waals surface area contributed by atoms with Crippen LogP contribution in [0.2, 0.25) is 10.0 Å². The zero-order valence-electron chi connectivity index (χ0n) is 14.3. The van der Waals surface area contributed by atoms with Gasteiger partial charge in [-0.2, -0.15) is 0 Å². The van der Waals surface area contributed by atoms with Crippen LogP contribution in [-0.2, 0) is 9.59 Å². The third kappa shape index (κ3) is 6.01. The zero-order valence-corrected chi connectivity index (χ0v) is 18.2. The van der Waals surface area contributed by atoms with Crippen LogP contribution in [0.15, 0.2) is 34.8 Å². The molecule has 2 aromatic rings. The summed E-state index contributed by atoms with van der Waals surface area (Å²) in [5.74, 6) is 0.158. The molecule has 1 atom stereocenters. The van der Waals surface area contributed by atoms with Crippen molar-refractivity contribution in [3.05, 3.63) is 44.8 Å². The van der Waals surface area contributed by atoms with Crippen LogP contribution in [0.3, 0.4) is 0 Å². The smallest absolute Gasteiger partial charge is 0.310 e. The van der Waals surface area contributed by atoms with Crippen molar-refractivity contribution in [1.82, 2.24) is 0 Å². The highest BCUT2D eigenvalue weighted by Crippen LogP contribution is 2.40. The predicted molar refractivity (Wildman–Crippen MR) is 111 cm³/mol. The summed E-state index contributed by atoms with van der Waals surface area (Å²) >= 11 is 21.5. The Bertz CT molecular complexity index is 851. The van der Waals surface area contributed by atoms with Gasteiger partial charge >= 0.3 is 5.97 Å². The number of rotatable bonds is 6. The molecule has 0 aliphatic heterocycles. The summed E-state index contributed by atoms with van der Waals surface area (Å²) < 4.78 is 11.4. The number of nitrogens with one attached hydrogen (secondary N) is 1. The highest BCUT2D eigenvalue weighted by atomic mass is 79.9. The molecule has 27 heavy (non-hydrogen) atoms. The molecular weight excluding hydrogens is 480 g/mol. The van der Waals surface area contributed by atoms with Gasteiger partial charge in [0.05, 0.1) is 15.7 Å². The van der Waals surface area contributed by atoms with E-state index >= 15 is 0 Å². The Kier molecular flexibility index (Phi) is 7.79. The second-order valence-corrected chi connectivity index (χ2v) is 7.72. The van der Waals surface area contributed by atoms with Gasteiger partial charge in [0.1, 0.15) is 16.9 Å². The molecule has 0 saturated heterocycles. The van der Waals surface area contributed by atoms with Gasteiger partial charge in [-0.1, -0.05) is 30.1 Å². The lowest BCUT2D eigenvalue weighted by atomic mass is 10.2. The Morgan fingerprint density at radius 1 is 1.15 bits per heavy atom. The van der Waals surface area contributed by atoms with E-state index in [1.807, 2.05) is 0 Å². The molecule has 9 heteroatoms. The van der Waals surface area contributed by atoms with Gasteiger partial charge < -0.3 is 14.8 Å². The summed E-state index contributed by atoms with van der Waals surface area (Å²) in [6.45, 7) is 3.26. The Balaban J connectivity index is 2.20. The lowest BCUT2D eigenvalue weighted by Crippen LogP contribution is -2.20. The minimum atomic E-state index is -0.661. The molecule has 5 nitrogen and oxygen atoms in total. The summed E-state index contributed by atoms with van der Waals surface area (Å²) in [6.07, 6.45) is 0.229. The number of ether oxygens (including phenoxy) is 2. The number of benzene rings is 2. The Hall–Kier alpha value is -1.47. The molecule has 1 N–H and O–H groups in total. The maximum absolute atomic E-state index is 11.7. The fourth-order valence-electron chi connectivity index (χ4n) is 1.91. The van der Waals surface area contributed by atoms with Crippen LogP contribution < -0.4 is 14.8 Å². The molecule has 0 bridgehead atoms. The van der Waals surface area contributed by atoms with E-state index in [1.54, 1.807) is 32.0 Å². The Labute approximate surface area is 180 Å². The average Bonchev–Trinajstić information content (AvgIpc) is 2.60. The molecule has 1 unspecified atom stereocenters. The lowest BCUT2D eigenvalue weighted by molar-refractivity contribution is -0.134. The fraction of sp³-hybridized carbons (Fsp3) is 0.222. The minimum absolute atomic E-state index is 0.186. The first-order chi connectivity index (χ1) is 12.7. The van der Waals surface area contributed by atoms with Crippen molar-refractivity contribution in [2.24, 2.45) is 0 Å². The van der Waals surface area contributed by atoms with E-state index in [0.717, 1.165) is 0 Å². The quantitative estimate of drug-likeness (QED) is 0.285. The molecule has 2 aromatic carbocycles. The van der Waals surface area contributed by atoms with Crippen molar-refractivity contribution in [2.45, 2.75) is 25.6 Å². The van der Waals surface area contributed by atoms with Gasteiger partial charge in [0.15, 0.2) is 5.75 Å². The standard InChI is InChI=1S/C18H15BrCl3NO4/c1-3-16(24)26-11-7-13(21)17(14(22)8-11)27-10-4-5-15(12(19)6-10)23-18(25)9(2)20/h4-9H,3H2,1-2H3,(H,23,25). The van der Waals surface area contributed by atoms with E-state index < -0.39 is 11.3 Å². The molecule has 144 valence electrons. The minimum Gasteiger partial charge on any atom is -0.454 e. The lowest BCUT2D eigenvalue weighted by Gasteiger charge is -2.13. The van der Waals surface area contributed by atoms with Crippen molar-refractivity contribution in [1.29, 1.82) is 0 Å². The largest absolute Gasteiger partial charge is 0.454 e. The van der Waals surface area contributed by atoms with E-state index in [4.69, 9.17) is 44.3 Å². The number of amides is 1. The first-order valence-corrected chi connectivity index (χ1v) is 9.81. The van der Waals surface area contributed by atoms with Crippen molar-refractivity contribution >= 4 is 68.3 Å². The van der Waals surface area contributed by atoms with Gasteiger partial charge in [-0.3, -0.25) is 9.59 Å². The van der Waals surface area contributed by atoms with Gasteiger partial charge in [-0.15, -0.1) is 11.6 Å². The molecule has 0 heterocycles. The monoisotopic (exact) mass is 493 g/mol. The van der Waals surface area contributed by atoms with Crippen molar-refractivity contribution in [2.75, 3.05) is 5.32 Å². The Morgan fingerprint density at radius 2 is 1.78 bits per heavy atom. The number of anilines is 1. The van der Waals surface area contributed by atoms with Crippen LogP contribution in [0, 0.1) is 0 Å². The molecule has 1 amide bonds. The van der Waals surface area contributed by atoms with Gasteiger partial charge in [-0.05, 0) is 41.1 Å². The van der Waals surface area contributed by atoms with Crippen LogP contribution in [0.5, 0.6) is 17.2 Å². The van der Waals surface area contributed by atoms with Gasteiger partial charge in [0.2, 0.25) is 5.91 Å². The van der Waals surface area contributed by atoms with Crippen molar-refractivity contribution in [3.63, 3.8) is 0 Å². The molecule has 0 saturated carbocycles. The third-order valence-corrected chi connectivity index (χ3v) is 4.69. The van der Waals surface area contributed by atoms with Crippen molar-refractivity contribution < 1.29 is 19.1 Å². The summed E-state index contributed by atoms with van der Waals surface area (Å²) in [5, 5.41) is 2.39. The second kappa shape index (κ2) is 9.64. The first-order valence-electron chi connectivity index (χ1n) is 7.83. The van der Waals surface area contributed by atoms with Crippen molar-refractivity contribution in [3.8, 4) is 17.2 Å². The number of halogens is 4. The molecule has 0 spiro atoms. The van der Waals surface area contributed by atoms with E-state index in [9.17, 15) is 9.59 Å². The van der Waals surface area contributed by atoms with Gasteiger partial charge in [0.25, 0.3) is 0 Å². The van der Waals surface area contributed by atoms with Crippen LogP contribution >= 0.6 is 50.7 Å². The first kappa shape index (κ1) is 21.8. The summed E-state index contributed by atoms with van der Waals surface area (Å²) in [7, 11) is 0. The number of carbonyl (C=O) groups is 2. The van der Waals surface area contributed by atoms with E-state index in [2.05, 4.69) is 21.2 Å². The molecular formula is C18H15BrCl3NO4. The number of esters is 1. The normalized spacial score (nSPS) is 11.6. The average molecular weight is 496 g/mol. The molecule has 0 radical (unpaired) electrons. The van der Waals surface area contributed by atoms with E-state index in [-0.39, 0.29) is 33.9 Å². The van der Waals surface area contributed by atoms with Gasteiger partial charge in [0, 0.05) is 23.0 Å². The van der Waals surface area contributed by atoms with E-state index in [0.29, 0.717) is 15.9 Å². The predicted octanol–water partition coefficient (Wildman–Crippen LogP) is 6.43. The highest BCUT2D eigenvalue weighted by Gasteiger charge is 2.15. The number of hydrogen-bond donors (Lipinski definition) is 1. The number of carbonyl (C=O) groups excluding carboxylic acids is 2. The van der Waals surface area contributed by atoms with E-state index in [1.165, 1.54) is 12.1 Å². The van der Waals surface area contributed by atoms with Crippen LogP contribution in [0.1, 0.15) is 20.3 Å². The molecule has 0 aliphatic rings. The SMILES string of the molecule is CCC(=O)Oc1cc(Cl)c(Oc2ccc(NC(=O)C(C)Cl)c(Br)c2)c(Cl)c1. The van der Waals surface area contributed by atoms with Crippen LogP contribution in [0.4, 0.5) is 5.69 Å². The fourth-order valence-corrected chi connectivity index (χ4v) is 2.96. The number of alkyl halides is 1. The molecule has 0 aromatic heterocycles. The number of hydrogen-bond acceptors (Lipinski definition) is 4. The summed E-state index contributed by atoms with van der Waals surface area (Å²) in [5.41, 5.74) is 0.541. The van der Waals surface area contributed by atoms with Crippen LogP contribution in [0.25, 0.3) is 0 Å². The summed E-state index contributed by atoms with van der Waals surface area (Å²) in [6, 6.07) is 7.82.